The Morgan fingerprint density at radius 2 is 1.94 bits per heavy atom. The van der Waals surface area contributed by atoms with Gasteiger partial charge in [0.15, 0.2) is 12.4 Å². The number of ketones is 1. The highest BCUT2D eigenvalue weighted by molar-refractivity contribution is 7.17. The summed E-state index contributed by atoms with van der Waals surface area (Å²) in [6, 6.07) is 13.8. The zero-order valence-electron chi connectivity index (χ0n) is 17.4. The van der Waals surface area contributed by atoms with Crippen LogP contribution in [0.2, 0.25) is 0 Å². The molecule has 1 aliphatic heterocycles. The molecule has 1 atom stereocenters. The van der Waals surface area contributed by atoms with E-state index in [0.29, 0.717) is 27.2 Å². The predicted molar refractivity (Wildman–Crippen MR) is 124 cm³/mol. The normalized spacial score (nSPS) is 14.2. The summed E-state index contributed by atoms with van der Waals surface area (Å²) in [5, 5.41) is 2.43. The number of amides is 1. The molecule has 0 fully saturated rings. The van der Waals surface area contributed by atoms with Crippen molar-refractivity contribution in [1.29, 1.82) is 0 Å². The Hall–Kier alpha value is -3.78. The zero-order valence-corrected chi connectivity index (χ0v) is 18.3. The van der Waals surface area contributed by atoms with E-state index in [1.165, 1.54) is 27.1 Å². The maximum absolute atomic E-state index is 13.4. The van der Waals surface area contributed by atoms with Gasteiger partial charge in [0.2, 0.25) is 0 Å². The van der Waals surface area contributed by atoms with E-state index in [-0.39, 0.29) is 23.9 Å². The number of thiophene rings is 1. The fourth-order valence-electron chi connectivity index (χ4n) is 3.84. The van der Waals surface area contributed by atoms with Gasteiger partial charge in [-0.05, 0) is 30.7 Å². The summed E-state index contributed by atoms with van der Waals surface area (Å²) < 4.78 is 6.80. The van der Waals surface area contributed by atoms with Crippen molar-refractivity contribution in [2.45, 2.75) is 13.0 Å². The number of fused-ring (bicyclic) bond motifs is 2. The second-order valence-corrected chi connectivity index (χ2v) is 8.47. The van der Waals surface area contributed by atoms with Crippen molar-refractivity contribution in [3.63, 3.8) is 0 Å². The molecule has 0 saturated carbocycles. The number of anilines is 1. The Morgan fingerprint density at radius 1 is 1.16 bits per heavy atom. The molecular formula is C24H19N3O4S. The number of nitrogens with zero attached hydrogens (tertiary/aromatic N) is 3. The van der Waals surface area contributed by atoms with E-state index in [9.17, 15) is 14.4 Å². The minimum atomic E-state index is -0.772. The quantitative estimate of drug-likeness (QED) is 0.445. The average molecular weight is 446 g/mol. The lowest BCUT2D eigenvalue weighted by Crippen LogP contribution is -2.35. The molecule has 2 aromatic carbocycles. The van der Waals surface area contributed by atoms with Gasteiger partial charge in [0, 0.05) is 23.6 Å². The lowest BCUT2D eigenvalue weighted by Gasteiger charge is -2.26. The van der Waals surface area contributed by atoms with Crippen LogP contribution in [0.15, 0.2) is 65.0 Å². The number of aromatic nitrogens is 2. The van der Waals surface area contributed by atoms with Gasteiger partial charge in [-0.15, -0.1) is 11.3 Å². The molecule has 0 aliphatic carbocycles. The van der Waals surface area contributed by atoms with Crippen LogP contribution in [0.25, 0.3) is 21.3 Å². The fourth-order valence-corrected chi connectivity index (χ4v) is 4.75. The third-order valence-corrected chi connectivity index (χ3v) is 6.62. The van der Waals surface area contributed by atoms with E-state index in [1.54, 1.807) is 32.2 Å². The predicted octanol–water partition coefficient (Wildman–Crippen LogP) is 3.92. The highest BCUT2D eigenvalue weighted by Crippen LogP contribution is 2.33. The molecule has 1 unspecified atom stereocenters. The van der Waals surface area contributed by atoms with Crippen molar-refractivity contribution < 1.29 is 14.3 Å². The number of ether oxygens (including phenoxy) is 1. The third kappa shape index (κ3) is 3.20. The monoisotopic (exact) mass is 445 g/mol. The van der Waals surface area contributed by atoms with E-state index in [0.717, 1.165) is 11.1 Å². The first-order valence-corrected chi connectivity index (χ1v) is 10.9. The fraction of sp³-hybridized carbons (Fsp3) is 0.167. The molecule has 160 valence electrons. The molecule has 0 spiro atoms. The Bertz CT molecular complexity index is 1420. The van der Waals surface area contributed by atoms with Crippen molar-refractivity contribution in [3.05, 3.63) is 76.2 Å². The van der Waals surface area contributed by atoms with Crippen LogP contribution < -0.4 is 15.2 Å². The maximum Gasteiger partial charge on any atom is 0.264 e. The third-order valence-electron chi connectivity index (χ3n) is 5.73. The van der Waals surface area contributed by atoms with E-state index in [1.807, 2.05) is 35.7 Å². The maximum atomic E-state index is 13.4. The number of rotatable bonds is 4. The molecular weight excluding hydrogens is 426 g/mol. The number of carbonyl (C=O) groups is 2. The van der Waals surface area contributed by atoms with Crippen molar-refractivity contribution in [3.8, 4) is 16.9 Å². The van der Waals surface area contributed by atoms with Crippen molar-refractivity contribution in [1.82, 2.24) is 9.55 Å². The lowest BCUT2D eigenvalue weighted by atomic mass is 10.0. The van der Waals surface area contributed by atoms with Gasteiger partial charge in [-0.2, -0.15) is 0 Å². The molecule has 4 aromatic rings. The molecule has 8 heteroatoms. The largest absolute Gasteiger partial charge is 0.482 e. The summed E-state index contributed by atoms with van der Waals surface area (Å²) in [5.41, 5.74) is 2.40. The first-order chi connectivity index (χ1) is 15.5. The van der Waals surface area contributed by atoms with Crippen LogP contribution in [0.3, 0.4) is 0 Å². The second kappa shape index (κ2) is 7.72. The Balaban J connectivity index is 1.55. The SMILES string of the molecule is CC(C(=O)c1ccc2c(c1)N(C)C(=O)CO2)n1cnc2scc(-c3ccccc3)c2c1=O. The van der Waals surface area contributed by atoms with Gasteiger partial charge in [-0.25, -0.2) is 4.98 Å². The summed E-state index contributed by atoms with van der Waals surface area (Å²) >= 11 is 1.40. The number of Topliss-reactive ketones (excluding diaryl/α,β-unsaturated/α-hetero) is 1. The Morgan fingerprint density at radius 3 is 2.72 bits per heavy atom. The van der Waals surface area contributed by atoms with E-state index < -0.39 is 6.04 Å². The molecule has 7 nitrogen and oxygen atoms in total. The smallest absolute Gasteiger partial charge is 0.264 e. The molecule has 2 aromatic heterocycles. The van der Waals surface area contributed by atoms with Crippen LogP contribution in [-0.2, 0) is 4.79 Å². The molecule has 32 heavy (non-hydrogen) atoms. The highest BCUT2D eigenvalue weighted by atomic mass is 32.1. The van der Waals surface area contributed by atoms with Crippen LogP contribution >= 0.6 is 11.3 Å². The minimum Gasteiger partial charge on any atom is -0.482 e. The molecule has 0 saturated heterocycles. The molecule has 1 amide bonds. The number of hydrogen-bond donors (Lipinski definition) is 0. The van der Waals surface area contributed by atoms with E-state index in [2.05, 4.69) is 4.98 Å². The number of carbonyl (C=O) groups excluding carboxylic acids is 2. The summed E-state index contributed by atoms with van der Waals surface area (Å²) in [6.07, 6.45) is 1.43. The first kappa shape index (κ1) is 20.1. The average Bonchev–Trinajstić information content (AvgIpc) is 3.26. The number of likely N-dealkylation sites (N-methyl/N-ethyl adjacent to an activating group) is 1. The topological polar surface area (TPSA) is 81.5 Å². The van der Waals surface area contributed by atoms with E-state index in [4.69, 9.17) is 4.74 Å². The van der Waals surface area contributed by atoms with Crippen LogP contribution in [0, 0.1) is 0 Å². The van der Waals surface area contributed by atoms with Gasteiger partial charge >= 0.3 is 0 Å². The minimum absolute atomic E-state index is 0.0291. The van der Waals surface area contributed by atoms with Gasteiger partial charge in [0.25, 0.3) is 11.5 Å². The van der Waals surface area contributed by atoms with Crippen LogP contribution in [0.1, 0.15) is 23.3 Å². The Kier molecular flexibility index (Phi) is 4.86. The van der Waals surface area contributed by atoms with Crippen molar-refractivity contribution >= 4 is 38.9 Å². The van der Waals surface area contributed by atoms with Crippen molar-refractivity contribution in [2.24, 2.45) is 0 Å². The van der Waals surface area contributed by atoms with Gasteiger partial charge in [0.05, 0.1) is 23.4 Å². The standard InChI is InChI=1S/C24H19N3O4S/c1-14(22(29)16-8-9-19-18(10-16)26(2)20(28)11-31-19)27-13-25-23-21(24(27)30)17(12-32-23)15-6-4-3-5-7-15/h3-10,12-14H,11H2,1-2H3. The summed E-state index contributed by atoms with van der Waals surface area (Å²) in [5.74, 6) is 0.105. The van der Waals surface area contributed by atoms with Crippen LogP contribution in [0.4, 0.5) is 5.69 Å². The van der Waals surface area contributed by atoms with Crippen molar-refractivity contribution in [2.75, 3.05) is 18.6 Å². The lowest BCUT2D eigenvalue weighted by molar-refractivity contribution is -0.120. The summed E-state index contributed by atoms with van der Waals surface area (Å²) in [7, 11) is 1.64. The summed E-state index contributed by atoms with van der Waals surface area (Å²) in [4.78, 5) is 45.2. The highest BCUT2D eigenvalue weighted by Gasteiger charge is 2.26. The molecule has 0 N–H and O–H groups in total. The molecule has 1 aliphatic rings. The second-order valence-electron chi connectivity index (χ2n) is 7.62. The zero-order chi connectivity index (χ0) is 22.4. The van der Waals surface area contributed by atoms with Gasteiger partial charge in [0.1, 0.15) is 10.6 Å². The van der Waals surface area contributed by atoms with E-state index >= 15 is 0 Å². The van der Waals surface area contributed by atoms with Crippen LogP contribution in [0.5, 0.6) is 5.75 Å². The van der Waals surface area contributed by atoms with Gasteiger partial charge in [-0.1, -0.05) is 30.3 Å². The number of hydrogen-bond acceptors (Lipinski definition) is 6. The molecule has 5 rings (SSSR count). The van der Waals surface area contributed by atoms with Gasteiger partial charge in [-0.3, -0.25) is 19.0 Å². The molecule has 0 radical (unpaired) electrons. The first-order valence-electron chi connectivity index (χ1n) is 10.1. The number of benzene rings is 2. The molecule has 3 heterocycles. The molecule has 0 bridgehead atoms. The van der Waals surface area contributed by atoms with Gasteiger partial charge < -0.3 is 9.64 Å². The Labute approximate surface area is 187 Å². The summed E-state index contributed by atoms with van der Waals surface area (Å²) in [6.45, 7) is 1.65. The van der Waals surface area contributed by atoms with Crippen LogP contribution in [-0.4, -0.2) is 34.9 Å².